The highest BCUT2D eigenvalue weighted by Gasteiger charge is 2.16. The molecular formula is C17H18F3N3O. The van der Waals surface area contributed by atoms with Crippen LogP contribution in [0.3, 0.4) is 0 Å². The summed E-state index contributed by atoms with van der Waals surface area (Å²) in [7, 11) is 0. The molecule has 1 aromatic heterocycles. The van der Waals surface area contributed by atoms with Gasteiger partial charge in [0, 0.05) is 18.4 Å². The number of hydrogen-bond donors (Lipinski definition) is 2. The predicted molar refractivity (Wildman–Crippen MR) is 86.5 cm³/mol. The number of carbonyl (C=O) groups excluding carboxylic acids is 1. The van der Waals surface area contributed by atoms with E-state index in [1.807, 2.05) is 0 Å². The van der Waals surface area contributed by atoms with Crippen LogP contribution in [0.5, 0.6) is 0 Å². The summed E-state index contributed by atoms with van der Waals surface area (Å²) in [5, 5.41) is 5.35. The number of anilines is 2. The molecule has 0 fully saturated rings. The number of nitrogens with zero attached hydrogens (tertiary/aromatic N) is 1. The number of unbranched alkanes of at least 4 members (excludes halogenated alkanes) is 2. The summed E-state index contributed by atoms with van der Waals surface area (Å²) < 4.78 is 39.7. The summed E-state index contributed by atoms with van der Waals surface area (Å²) in [6.45, 7) is 2.86. The first-order valence-corrected chi connectivity index (χ1v) is 7.67. The molecule has 0 spiro atoms. The van der Waals surface area contributed by atoms with Gasteiger partial charge < -0.3 is 10.6 Å². The van der Waals surface area contributed by atoms with Crippen LogP contribution in [0, 0.1) is 17.5 Å². The molecule has 24 heavy (non-hydrogen) atoms. The van der Waals surface area contributed by atoms with Gasteiger partial charge in [0.25, 0.3) is 5.91 Å². The summed E-state index contributed by atoms with van der Waals surface area (Å²) in [5.41, 5.74) is 0.304. The van der Waals surface area contributed by atoms with Crippen LogP contribution in [-0.2, 0) is 0 Å². The second-order valence-electron chi connectivity index (χ2n) is 5.24. The molecule has 0 saturated carbocycles. The number of hydrogen-bond acceptors (Lipinski definition) is 3. The Morgan fingerprint density at radius 3 is 2.67 bits per heavy atom. The number of amides is 1. The lowest BCUT2D eigenvalue weighted by Gasteiger charge is -2.09. The highest BCUT2D eigenvalue weighted by molar-refractivity contribution is 6.03. The topological polar surface area (TPSA) is 54.0 Å². The Morgan fingerprint density at radius 1 is 1.12 bits per heavy atom. The van der Waals surface area contributed by atoms with E-state index >= 15 is 0 Å². The zero-order valence-electron chi connectivity index (χ0n) is 13.2. The minimum absolute atomic E-state index is 0.0413. The lowest BCUT2D eigenvalue weighted by Crippen LogP contribution is -2.16. The first kappa shape index (κ1) is 17.8. The van der Waals surface area contributed by atoms with Crippen LogP contribution in [0.25, 0.3) is 0 Å². The van der Waals surface area contributed by atoms with Gasteiger partial charge in [0.1, 0.15) is 5.69 Å². The molecule has 0 unspecified atom stereocenters. The fourth-order valence-electron chi connectivity index (χ4n) is 2.08. The monoisotopic (exact) mass is 337 g/mol. The Balaban J connectivity index is 2.06. The van der Waals surface area contributed by atoms with E-state index in [0.29, 0.717) is 5.69 Å². The normalized spacial score (nSPS) is 10.5. The number of carbonyl (C=O) groups is 1. The average Bonchev–Trinajstić information content (AvgIpc) is 2.59. The molecule has 128 valence electrons. The number of nitrogens with one attached hydrogen (secondary N) is 2. The fraction of sp³-hybridized carbons (Fsp3) is 0.294. The maximum absolute atomic E-state index is 13.6. The van der Waals surface area contributed by atoms with Crippen LogP contribution in [0.2, 0.25) is 0 Å². The summed E-state index contributed by atoms with van der Waals surface area (Å²) in [5.74, 6) is -5.11. The van der Waals surface area contributed by atoms with E-state index in [1.165, 1.54) is 12.3 Å². The highest BCUT2D eigenvalue weighted by Crippen LogP contribution is 2.20. The van der Waals surface area contributed by atoms with E-state index in [0.717, 1.165) is 37.9 Å². The molecule has 0 atom stereocenters. The van der Waals surface area contributed by atoms with E-state index in [4.69, 9.17) is 0 Å². The van der Waals surface area contributed by atoms with Crippen molar-refractivity contribution in [2.75, 3.05) is 17.2 Å². The lowest BCUT2D eigenvalue weighted by atomic mass is 10.2. The quantitative estimate of drug-likeness (QED) is 0.583. The van der Waals surface area contributed by atoms with Gasteiger partial charge in [-0.15, -0.1) is 0 Å². The van der Waals surface area contributed by atoms with E-state index < -0.39 is 29.0 Å². The van der Waals surface area contributed by atoms with Crippen molar-refractivity contribution in [3.63, 3.8) is 0 Å². The van der Waals surface area contributed by atoms with Crippen molar-refractivity contribution in [2.45, 2.75) is 26.2 Å². The van der Waals surface area contributed by atoms with E-state index in [-0.39, 0.29) is 5.69 Å². The van der Waals surface area contributed by atoms with Crippen LogP contribution in [0.15, 0.2) is 30.5 Å². The van der Waals surface area contributed by atoms with Crippen molar-refractivity contribution in [3.05, 3.63) is 53.6 Å². The SMILES string of the molecule is CCCCCNc1ccnc(C(=O)Nc2ccc(F)c(F)c2F)c1. The number of benzene rings is 1. The van der Waals surface area contributed by atoms with Gasteiger partial charge in [-0.2, -0.15) is 0 Å². The Bertz CT molecular complexity index is 722. The first-order chi connectivity index (χ1) is 11.5. The van der Waals surface area contributed by atoms with E-state index in [9.17, 15) is 18.0 Å². The molecule has 0 aliphatic heterocycles. The second kappa shape index (κ2) is 8.33. The van der Waals surface area contributed by atoms with Gasteiger partial charge in [0.2, 0.25) is 0 Å². The highest BCUT2D eigenvalue weighted by atomic mass is 19.2. The second-order valence-corrected chi connectivity index (χ2v) is 5.24. The van der Waals surface area contributed by atoms with Gasteiger partial charge in [0.05, 0.1) is 5.69 Å². The van der Waals surface area contributed by atoms with E-state index in [1.54, 1.807) is 6.07 Å². The van der Waals surface area contributed by atoms with Gasteiger partial charge in [-0.1, -0.05) is 19.8 Å². The van der Waals surface area contributed by atoms with Crippen molar-refractivity contribution >= 4 is 17.3 Å². The Kier molecular flexibility index (Phi) is 6.17. The number of rotatable bonds is 7. The molecule has 1 aromatic carbocycles. The average molecular weight is 337 g/mol. The molecule has 0 bridgehead atoms. The maximum Gasteiger partial charge on any atom is 0.274 e. The van der Waals surface area contributed by atoms with Crippen molar-refractivity contribution in [3.8, 4) is 0 Å². The molecule has 0 aliphatic carbocycles. The molecule has 4 nitrogen and oxygen atoms in total. The van der Waals surface area contributed by atoms with Crippen LogP contribution in [-0.4, -0.2) is 17.4 Å². The van der Waals surface area contributed by atoms with Gasteiger partial charge in [-0.05, 0) is 30.7 Å². The van der Waals surface area contributed by atoms with Crippen molar-refractivity contribution in [1.82, 2.24) is 4.98 Å². The minimum Gasteiger partial charge on any atom is -0.385 e. The van der Waals surface area contributed by atoms with Crippen LogP contribution < -0.4 is 10.6 Å². The fourth-order valence-corrected chi connectivity index (χ4v) is 2.08. The summed E-state index contributed by atoms with van der Waals surface area (Å²) >= 11 is 0. The standard InChI is InChI=1S/C17H18F3N3O/c1-2-3-4-8-21-11-7-9-22-14(10-11)17(24)23-13-6-5-12(18)15(19)16(13)20/h5-7,9-10H,2-4,8H2,1H3,(H,21,22)(H,23,24). The molecule has 2 N–H and O–H groups in total. The molecule has 2 rings (SSSR count). The van der Waals surface area contributed by atoms with Gasteiger partial charge >= 0.3 is 0 Å². The molecule has 7 heteroatoms. The van der Waals surface area contributed by atoms with Crippen LogP contribution in [0.1, 0.15) is 36.7 Å². The van der Waals surface area contributed by atoms with Crippen LogP contribution in [0.4, 0.5) is 24.5 Å². The maximum atomic E-state index is 13.6. The zero-order valence-corrected chi connectivity index (χ0v) is 13.2. The third kappa shape index (κ3) is 4.47. The largest absolute Gasteiger partial charge is 0.385 e. The van der Waals surface area contributed by atoms with E-state index in [2.05, 4.69) is 22.5 Å². The number of pyridine rings is 1. The molecule has 1 amide bonds. The van der Waals surface area contributed by atoms with Gasteiger partial charge in [-0.3, -0.25) is 9.78 Å². The first-order valence-electron chi connectivity index (χ1n) is 7.67. The van der Waals surface area contributed by atoms with Crippen molar-refractivity contribution in [1.29, 1.82) is 0 Å². The van der Waals surface area contributed by atoms with Crippen molar-refractivity contribution in [2.24, 2.45) is 0 Å². The third-order valence-electron chi connectivity index (χ3n) is 3.39. The number of halogens is 3. The summed E-state index contributed by atoms with van der Waals surface area (Å²) in [4.78, 5) is 16.0. The molecule has 2 aromatic rings. The van der Waals surface area contributed by atoms with Crippen LogP contribution >= 0.6 is 0 Å². The predicted octanol–water partition coefficient (Wildman–Crippen LogP) is 4.35. The molecule has 0 radical (unpaired) electrons. The zero-order chi connectivity index (χ0) is 17.5. The molecule has 1 heterocycles. The number of aromatic nitrogens is 1. The Morgan fingerprint density at radius 2 is 1.92 bits per heavy atom. The lowest BCUT2D eigenvalue weighted by molar-refractivity contribution is 0.102. The Hall–Kier alpha value is -2.57. The summed E-state index contributed by atoms with van der Waals surface area (Å²) in [6.07, 6.45) is 4.64. The third-order valence-corrected chi connectivity index (χ3v) is 3.39. The smallest absolute Gasteiger partial charge is 0.274 e. The molecule has 0 aliphatic rings. The minimum atomic E-state index is -1.63. The Labute approximate surface area is 138 Å². The molecule has 0 saturated heterocycles. The summed E-state index contributed by atoms with van der Waals surface area (Å²) in [6, 6.07) is 4.92. The van der Waals surface area contributed by atoms with Gasteiger partial charge in [0.15, 0.2) is 17.5 Å². The van der Waals surface area contributed by atoms with Crippen molar-refractivity contribution < 1.29 is 18.0 Å². The molecular weight excluding hydrogens is 319 g/mol. The van der Waals surface area contributed by atoms with Gasteiger partial charge in [-0.25, -0.2) is 13.2 Å².